The number of fused-ring (bicyclic) bond motifs is 1. The highest BCUT2D eigenvalue weighted by Gasteiger charge is 2.22. The number of aryl methyl sites for hydroxylation is 1. The third-order valence-corrected chi connectivity index (χ3v) is 5.18. The summed E-state index contributed by atoms with van der Waals surface area (Å²) in [6.07, 6.45) is 5.00. The third-order valence-electron chi connectivity index (χ3n) is 5.18. The maximum atomic E-state index is 12.8. The summed E-state index contributed by atoms with van der Waals surface area (Å²) in [5.74, 6) is 0.316. The minimum Gasteiger partial charge on any atom is -0.495 e. The Labute approximate surface area is 173 Å². The number of methoxy groups -OCH3 is 1. The summed E-state index contributed by atoms with van der Waals surface area (Å²) >= 11 is 0. The number of nitrogens with zero attached hydrogens (tertiary/aromatic N) is 2. The SMILES string of the molecule is COc1cc(/C=C/C(=O)NC2CCc3ccccc32)ccc1-n1cnc(C(F)F)c1. The minimum atomic E-state index is -2.63. The molecule has 0 aliphatic heterocycles. The van der Waals surface area contributed by atoms with Crippen molar-refractivity contribution >= 4 is 12.0 Å². The van der Waals surface area contributed by atoms with Crippen LogP contribution in [0.4, 0.5) is 8.78 Å². The Balaban J connectivity index is 1.46. The number of ether oxygens (including phenoxy) is 1. The first-order valence-corrected chi connectivity index (χ1v) is 9.62. The van der Waals surface area contributed by atoms with E-state index in [9.17, 15) is 13.6 Å². The topological polar surface area (TPSA) is 56.1 Å². The average Bonchev–Trinajstić information content (AvgIpc) is 3.40. The number of nitrogens with one attached hydrogen (secondary N) is 1. The molecule has 7 heteroatoms. The molecule has 0 saturated heterocycles. The molecule has 0 bridgehead atoms. The molecule has 154 valence electrons. The van der Waals surface area contributed by atoms with Gasteiger partial charge in [0, 0.05) is 12.3 Å². The second kappa shape index (κ2) is 8.49. The molecular formula is C23H21F2N3O2. The lowest BCUT2D eigenvalue weighted by Crippen LogP contribution is -2.25. The number of rotatable bonds is 6. The lowest BCUT2D eigenvalue weighted by Gasteiger charge is -2.12. The van der Waals surface area contributed by atoms with Crippen molar-refractivity contribution in [3.05, 3.63) is 83.4 Å². The van der Waals surface area contributed by atoms with Gasteiger partial charge in [0.15, 0.2) is 0 Å². The molecular weight excluding hydrogens is 388 g/mol. The standard InChI is InChI=1S/C23H21F2N3O2/c1-30-21-12-15(6-10-20(21)28-13-19(23(24)25)26-14-28)7-11-22(29)27-18-9-8-16-4-2-3-5-17(16)18/h2-7,10-14,18,23H,8-9H2,1H3,(H,27,29)/b11-7+. The monoisotopic (exact) mass is 409 g/mol. The number of hydrogen-bond donors (Lipinski definition) is 1. The zero-order valence-electron chi connectivity index (χ0n) is 16.4. The summed E-state index contributed by atoms with van der Waals surface area (Å²) in [5, 5.41) is 3.04. The minimum absolute atomic E-state index is 0.0283. The first kappa shape index (κ1) is 19.8. The van der Waals surface area contributed by atoms with Gasteiger partial charge in [-0.3, -0.25) is 4.79 Å². The van der Waals surface area contributed by atoms with E-state index in [4.69, 9.17) is 4.74 Å². The van der Waals surface area contributed by atoms with Gasteiger partial charge in [0.05, 0.1) is 25.2 Å². The number of benzene rings is 2. The van der Waals surface area contributed by atoms with Crippen molar-refractivity contribution in [3.8, 4) is 11.4 Å². The molecule has 1 N–H and O–H groups in total. The zero-order chi connectivity index (χ0) is 21.1. The van der Waals surface area contributed by atoms with E-state index in [2.05, 4.69) is 22.4 Å². The fourth-order valence-corrected chi connectivity index (χ4v) is 3.69. The molecule has 1 atom stereocenters. The van der Waals surface area contributed by atoms with Gasteiger partial charge in [-0.2, -0.15) is 0 Å². The van der Waals surface area contributed by atoms with Gasteiger partial charge in [-0.15, -0.1) is 0 Å². The second-order valence-corrected chi connectivity index (χ2v) is 7.07. The average molecular weight is 409 g/mol. The smallest absolute Gasteiger partial charge is 0.281 e. The first-order chi connectivity index (χ1) is 14.5. The van der Waals surface area contributed by atoms with E-state index < -0.39 is 6.43 Å². The first-order valence-electron chi connectivity index (χ1n) is 9.62. The van der Waals surface area contributed by atoms with Gasteiger partial charge >= 0.3 is 0 Å². The maximum absolute atomic E-state index is 12.8. The van der Waals surface area contributed by atoms with Crippen LogP contribution in [0.25, 0.3) is 11.8 Å². The number of aromatic nitrogens is 2. The van der Waals surface area contributed by atoms with Crippen LogP contribution in [0.15, 0.2) is 61.1 Å². The highest BCUT2D eigenvalue weighted by molar-refractivity contribution is 5.92. The summed E-state index contributed by atoms with van der Waals surface area (Å²) in [4.78, 5) is 16.1. The van der Waals surface area contributed by atoms with Crippen LogP contribution in [-0.4, -0.2) is 22.6 Å². The molecule has 0 saturated carbocycles. The van der Waals surface area contributed by atoms with Crippen LogP contribution in [0, 0.1) is 0 Å². The van der Waals surface area contributed by atoms with Crippen LogP contribution in [0.5, 0.6) is 5.75 Å². The van der Waals surface area contributed by atoms with Crippen molar-refractivity contribution < 1.29 is 18.3 Å². The number of amides is 1. The van der Waals surface area contributed by atoms with Gasteiger partial charge in [-0.05, 0) is 47.7 Å². The molecule has 2 aromatic carbocycles. The molecule has 0 spiro atoms. The van der Waals surface area contributed by atoms with Gasteiger partial charge in [0.25, 0.3) is 6.43 Å². The predicted molar refractivity (Wildman–Crippen MR) is 110 cm³/mol. The molecule has 1 amide bonds. The Morgan fingerprint density at radius 1 is 1.30 bits per heavy atom. The summed E-state index contributed by atoms with van der Waals surface area (Å²) in [5.41, 5.74) is 3.49. The van der Waals surface area contributed by atoms with E-state index >= 15 is 0 Å². The van der Waals surface area contributed by atoms with Gasteiger partial charge in [0.2, 0.25) is 5.91 Å². The fourth-order valence-electron chi connectivity index (χ4n) is 3.69. The van der Waals surface area contributed by atoms with Crippen molar-refractivity contribution in [2.75, 3.05) is 7.11 Å². The van der Waals surface area contributed by atoms with Gasteiger partial charge < -0.3 is 14.6 Å². The van der Waals surface area contributed by atoms with E-state index in [0.717, 1.165) is 18.4 Å². The molecule has 1 heterocycles. The maximum Gasteiger partial charge on any atom is 0.281 e. The predicted octanol–water partition coefficient (Wildman–Crippen LogP) is 4.64. The lowest BCUT2D eigenvalue weighted by atomic mass is 10.1. The highest BCUT2D eigenvalue weighted by atomic mass is 19.3. The van der Waals surface area contributed by atoms with E-state index in [1.165, 1.54) is 41.4 Å². The van der Waals surface area contributed by atoms with Crippen LogP contribution in [0.3, 0.4) is 0 Å². The largest absolute Gasteiger partial charge is 0.495 e. The Morgan fingerprint density at radius 2 is 2.13 bits per heavy atom. The van der Waals surface area contributed by atoms with Crippen LogP contribution >= 0.6 is 0 Å². The van der Waals surface area contributed by atoms with E-state index in [0.29, 0.717) is 11.4 Å². The number of carbonyl (C=O) groups excluding carboxylic acids is 1. The normalized spacial score (nSPS) is 15.5. The van der Waals surface area contributed by atoms with Crippen LogP contribution in [-0.2, 0) is 11.2 Å². The molecule has 1 aliphatic carbocycles. The summed E-state index contributed by atoms with van der Waals surface area (Å²) in [7, 11) is 1.50. The quantitative estimate of drug-likeness (QED) is 0.604. The van der Waals surface area contributed by atoms with Crippen LogP contribution in [0.1, 0.15) is 41.3 Å². The third kappa shape index (κ3) is 4.10. The number of halogens is 2. The van der Waals surface area contributed by atoms with Crippen LogP contribution in [0.2, 0.25) is 0 Å². The van der Waals surface area contributed by atoms with Gasteiger partial charge in [-0.1, -0.05) is 30.3 Å². The van der Waals surface area contributed by atoms with Crippen molar-refractivity contribution in [2.24, 2.45) is 0 Å². The van der Waals surface area contributed by atoms with E-state index in [1.807, 2.05) is 12.1 Å². The van der Waals surface area contributed by atoms with Crippen molar-refractivity contribution in [2.45, 2.75) is 25.3 Å². The van der Waals surface area contributed by atoms with E-state index in [1.54, 1.807) is 24.3 Å². The molecule has 30 heavy (non-hydrogen) atoms. The molecule has 3 aromatic rings. The summed E-state index contributed by atoms with van der Waals surface area (Å²) < 4.78 is 32.5. The fraction of sp³-hybridized carbons (Fsp3) is 0.217. The zero-order valence-corrected chi connectivity index (χ0v) is 16.4. The molecule has 0 fully saturated rings. The van der Waals surface area contributed by atoms with Crippen molar-refractivity contribution in [1.82, 2.24) is 14.9 Å². The lowest BCUT2D eigenvalue weighted by molar-refractivity contribution is -0.117. The number of hydrogen-bond acceptors (Lipinski definition) is 3. The van der Waals surface area contributed by atoms with Crippen LogP contribution < -0.4 is 10.1 Å². The second-order valence-electron chi connectivity index (χ2n) is 7.07. The Hall–Kier alpha value is -3.48. The molecule has 1 aliphatic rings. The van der Waals surface area contributed by atoms with Gasteiger partial charge in [0.1, 0.15) is 11.4 Å². The summed E-state index contributed by atoms with van der Waals surface area (Å²) in [6.45, 7) is 0. The van der Waals surface area contributed by atoms with E-state index in [-0.39, 0.29) is 17.6 Å². The highest BCUT2D eigenvalue weighted by Crippen LogP contribution is 2.31. The molecule has 5 nitrogen and oxygen atoms in total. The number of carbonyl (C=O) groups is 1. The van der Waals surface area contributed by atoms with Crippen molar-refractivity contribution in [3.63, 3.8) is 0 Å². The summed E-state index contributed by atoms with van der Waals surface area (Å²) in [6, 6.07) is 13.4. The Morgan fingerprint density at radius 3 is 2.90 bits per heavy atom. The number of alkyl halides is 2. The Kier molecular flexibility index (Phi) is 5.61. The molecule has 4 rings (SSSR count). The molecule has 1 unspecified atom stereocenters. The van der Waals surface area contributed by atoms with Crippen molar-refractivity contribution in [1.29, 1.82) is 0 Å². The number of imidazole rings is 1. The van der Waals surface area contributed by atoms with Gasteiger partial charge in [-0.25, -0.2) is 13.8 Å². The Bertz CT molecular complexity index is 1090. The molecule has 0 radical (unpaired) electrons. The molecule has 1 aromatic heterocycles.